The van der Waals surface area contributed by atoms with Gasteiger partial charge in [0.15, 0.2) is 9.84 Å². The van der Waals surface area contributed by atoms with E-state index in [-0.39, 0.29) is 24.0 Å². The number of aromatic nitrogens is 1. The number of halogens is 1. The summed E-state index contributed by atoms with van der Waals surface area (Å²) in [7, 11) is -2.23. The summed E-state index contributed by atoms with van der Waals surface area (Å²) < 4.78 is 37.1. The van der Waals surface area contributed by atoms with Crippen LogP contribution < -0.4 is 0 Å². The Labute approximate surface area is 236 Å². The van der Waals surface area contributed by atoms with E-state index in [0.29, 0.717) is 16.3 Å². The largest absolute Gasteiger partial charge is 0.465 e. The summed E-state index contributed by atoms with van der Waals surface area (Å²) in [5.41, 5.74) is 0.421. The van der Waals surface area contributed by atoms with Crippen molar-refractivity contribution in [1.29, 1.82) is 0 Å². The molecule has 1 aromatic carbocycles. The summed E-state index contributed by atoms with van der Waals surface area (Å²) in [6, 6.07) is 9.56. The molecule has 39 heavy (non-hydrogen) atoms. The number of carbonyl (C=O) groups is 2. The maximum absolute atomic E-state index is 14.5. The number of carbonyl (C=O) groups excluding carboxylic acids is 2. The minimum absolute atomic E-state index is 0.0906. The number of ether oxygens (including phenoxy) is 2. The highest BCUT2D eigenvalue weighted by Crippen LogP contribution is 2.46. The van der Waals surface area contributed by atoms with Gasteiger partial charge in [0, 0.05) is 29.4 Å². The predicted octanol–water partition coefficient (Wildman–Crippen LogP) is 4.80. The number of nitrogens with zero attached hydrogens (tertiary/aromatic N) is 2. The molecule has 1 aromatic heterocycles. The third-order valence-corrected chi connectivity index (χ3v) is 10.6. The molecule has 10 heteroatoms. The molecule has 212 valence electrons. The van der Waals surface area contributed by atoms with Crippen molar-refractivity contribution in [2.75, 3.05) is 12.9 Å². The Morgan fingerprint density at radius 2 is 1.85 bits per heavy atom. The molecule has 2 aromatic rings. The summed E-state index contributed by atoms with van der Waals surface area (Å²) >= 11 is 6.16. The van der Waals surface area contributed by atoms with E-state index in [4.69, 9.17) is 21.1 Å². The van der Waals surface area contributed by atoms with Crippen LogP contribution in [0.5, 0.6) is 0 Å². The van der Waals surface area contributed by atoms with Gasteiger partial charge in [0.1, 0.15) is 5.60 Å². The molecule has 2 aliphatic rings. The van der Waals surface area contributed by atoms with Crippen LogP contribution in [0.2, 0.25) is 5.02 Å². The molecular weight excluding hydrogens is 540 g/mol. The van der Waals surface area contributed by atoms with Crippen molar-refractivity contribution in [2.24, 2.45) is 5.92 Å². The molecule has 0 bridgehead atoms. The van der Waals surface area contributed by atoms with Crippen LogP contribution in [0.1, 0.15) is 75.1 Å². The molecule has 1 amide bonds. The molecule has 1 saturated carbocycles. The van der Waals surface area contributed by atoms with E-state index >= 15 is 0 Å². The monoisotopic (exact) mass is 576 g/mol. The second-order valence-electron chi connectivity index (χ2n) is 11.8. The summed E-state index contributed by atoms with van der Waals surface area (Å²) in [6.07, 6.45) is 2.86. The van der Waals surface area contributed by atoms with Gasteiger partial charge in [0.2, 0.25) is 0 Å². The number of amides is 1. The van der Waals surface area contributed by atoms with E-state index in [1.807, 2.05) is 19.1 Å². The normalized spacial score (nSPS) is 24.9. The van der Waals surface area contributed by atoms with Gasteiger partial charge < -0.3 is 14.4 Å². The third-order valence-electron chi connectivity index (χ3n) is 7.70. The van der Waals surface area contributed by atoms with Crippen molar-refractivity contribution >= 4 is 33.3 Å². The van der Waals surface area contributed by atoms with Crippen molar-refractivity contribution in [3.05, 3.63) is 64.4 Å². The molecule has 4 rings (SSSR count). The molecule has 1 aliphatic heterocycles. The summed E-state index contributed by atoms with van der Waals surface area (Å²) in [5, 5.41) is 0.571. The van der Waals surface area contributed by atoms with Crippen molar-refractivity contribution in [2.45, 2.75) is 82.4 Å². The Morgan fingerprint density at radius 1 is 1.21 bits per heavy atom. The van der Waals surface area contributed by atoms with Crippen LogP contribution in [-0.4, -0.2) is 65.5 Å². The van der Waals surface area contributed by atoms with Gasteiger partial charge in [-0.25, -0.2) is 13.2 Å². The van der Waals surface area contributed by atoms with Gasteiger partial charge in [-0.3, -0.25) is 9.78 Å². The number of benzene rings is 1. The molecular formula is C29H37ClN2O6S. The molecule has 1 saturated heterocycles. The fourth-order valence-corrected chi connectivity index (χ4v) is 6.74. The second-order valence-corrected chi connectivity index (χ2v) is 15.0. The average Bonchev–Trinajstić information content (AvgIpc) is 3.70. The molecule has 0 N–H and O–H groups in total. The van der Waals surface area contributed by atoms with Crippen LogP contribution in [0.25, 0.3) is 0 Å². The van der Waals surface area contributed by atoms with Crippen LogP contribution in [0, 0.1) is 5.92 Å². The van der Waals surface area contributed by atoms with Crippen LogP contribution in [0.3, 0.4) is 0 Å². The first kappa shape index (κ1) is 29.5. The Balaban J connectivity index is 1.75. The Hall–Kier alpha value is -2.49. The predicted molar refractivity (Wildman–Crippen MR) is 149 cm³/mol. The first-order chi connectivity index (χ1) is 18.2. The maximum atomic E-state index is 14.5. The Kier molecular flexibility index (Phi) is 8.18. The SMILES string of the molecule is COC(=O)c1ccc(C[C@@]2(C)O[C@H](C)[C@@H](c3ccc(Cl)cc3)N(C(CS(=O)(=O)C(C)(C)C)C3CC3)C2=O)nc1. The van der Waals surface area contributed by atoms with Crippen LogP contribution in [0.4, 0.5) is 0 Å². The summed E-state index contributed by atoms with van der Waals surface area (Å²) in [6.45, 7) is 8.73. The van der Waals surface area contributed by atoms with E-state index in [1.54, 1.807) is 56.9 Å². The molecule has 4 atom stereocenters. The zero-order valence-electron chi connectivity index (χ0n) is 23.3. The van der Waals surface area contributed by atoms with Gasteiger partial charge in [0.05, 0.1) is 35.3 Å². The van der Waals surface area contributed by atoms with Gasteiger partial charge in [-0.15, -0.1) is 0 Å². The van der Waals surface area contributed by atoms with Crippen LogP contribution in [0.15, 0.2) is 42.6 Å². The van der Waals surface area contributed by atoms with Crippen LogP contribution >= 0.6 is 11.6 Å². The molecule has 0 spiro atoms. The molecule has 1 unspecified atom stereocenters. The van der Waals surface area contributed by atoms with Crippen molar-refractivity contribution in [1.82, 2.24) is 9.88 Å². The lowest BCUT2D eigenvalue weighted by Gasteiger charge is -2.51. The van der Waals surface area contributed by atoms with E-state index < -0.39 is 44.3 Å². The van der Waals surface area contributed by atoms with E-state index in [0.717, 1.165) is 18.4 Å². The van der Waals surface area contributed by atoms with E-state index in [2.05, 4.69) is 4.98 Å². The Morgan fingerprint density at radius 3 is 2.36 bits per heavy atom. The summed E-state index contributed by atoms with van der Waals surface area (Å²) in [5.74, 6) is -0.803. The lowest BCUT2D eigenvalue weighted by molar-refractivity contribution is -0.198. The number of pyridine rings is 1. The van der Waals surface area contributed by atoms with E-state index in [9.17, 15) is 18.0 Å². The molecule has 8 nitrogen and oxygen atoms in total. The van der Waals surface area contributed by atoms with Gasteiger partial charge in [-0.1, -0.05) is 23.7 Å². The molecule has 0 radical (unpaired) electrons. The van der Waals surface area contributed by atoms with Crippen molar-refractivity contribution < 1.29 is 27.5 Å². The number of methoxy groups -OCH3 is 1. The van der Waals surface area contributed by atoms with E-state index in [1.165, 1.54) is 13.3 Å². The van der Waals surface area contributed by atoms with Crippen molar-refractivity contribution in [3.8, 4) is 0 Å². The minimum Gasteiger partial charge on any atom is -0.465 e. The topological polar surface area (TPSA) is 103 Å². The number of sulfone groups is 1. The second kappa shape index (κ2) is 10.8. The number of hydrogen-bond donors (Lipinski definition) is 0. The maximum Gasteiger partial charge on any atom is 0.339 e. The zero-order valence-corrected chi connectivity index (χ0v) is 24.9. The first-order valence-corrected chi connectivity index (χ1v) is 15.2. The number of rotatable bonds is 8. The fraction of sp³-hybridized carbons (Fsp3) is 0.552. The van der Waals surface area contributed by atoms with Crippen molar-refractivity contribution in [3.63, 3.8) is 0 Å². The molecule has 2 fully saturated rings. The fourth-order valence-electron chi connectivity index (χ4n) is 5.23. The zero-order chi connectivity index (χ0) is 28.8. The third kappa shape index (κ3) is 6.15. The minimum atomic E-state index is -3.53. The molecule has 2 heterocycles. The number of hydrogen-bond acceptors (Lipinski definition) is 7. The van der Waals surface area contributed by atoms with Gasteiger partial charge in [-0.05, 0) is 83.2 Å². The average molecular weight is 577 g/mol. The molecule has 1 aliphatic carbocycles. The van der Waals surface area contributed by atoms with Crippen LogP contribution in [-0.2, 0) is 30.5 Å². The quantitative estimate of drug-likeness (QED) is 0.416. The lowest BCUT2D eigenvalue weighted by Crippen LogP contribution is -2.64. The van der Waals surface area contributed by atoms with Gasteiger partial charge in [0.25, 0.3) is 5.91 Å². The number of esters is 1. The highest BCUT2D eigenvalue weighted by atomic mass is 35.5. The first-order valence-electron chi connectivity index (χ1n) is 13.2. The summed E-state index contributed by atoms with van der Waals surface area (Å²) in [4.78, 5) is 32.4. The number of morpholine rings is 1. The standard InChI is InChI=1S/C29H37ClN2O6S/c1-18-25(20-9-12-22(30)13-10-20)32(24(19-7-8-19)17-39(35,36)28(2,3)4)27(34)29(5,38-18)15-23-14-11-21(16-31-23)26(33)37-6/h9-14,16,18-19,24-25H,7-8,15,17H2,1-6H3/t18-,24?,25+,29-/m1/s1. The highest BCUT2D eigenvalue weighted by molar-refractivity contribution is 7.92. The highest BCUT2D eigenvalue weighted by Gasteiger charge is 2.54. The Bertz CT molecular complexity index is 1320. The lowest BCUT2D eigenvalue weighted by atomic mass is 9.88. The van der Waals surface area contributed by atoms with Gasteiger partial charge in [-0.2, -0.15) is 0 Å². The van der Waals surface area contributed by atoms with Gasteiger partial charge >= 0.3 is 5.97 Å². The smallest absolute Gasteiger partial charge is 0.339 e.